The van der Waals surface area contributed by atoms with Gasteiger partial charge >= 0.3 is 5.97 Å². The van der Waals surface area contributed by atoms with Crippen LogP contribution in [-0.2, 0) is 9.53 Å². The van der Waals surface area contributed by atoms with E-state index >= 15 is 0 Å². The van der Waals surface area contributed by atoms with Crippen LogP contribution in [0.25, 0.3) is 0 Å². The zero-order valence-corrected chi connectivity index (χ0v) is 9.43. The van der Waals surface area contributed by atoms with Crippen LogP contribution in [-0.4, -0.2) is 12.6 Å². The number of hydrogen-bond donors (Lipinski definition) is 0. The van der Waals surface area contributed by atoms with Crippen LogP contribution in [0.15, 0.2) is 42.5 Å². The first-order chi connectivity index (χ1) is 7.81. The van der Waals surface area contributed by atoms with Gasteiger partial charge in [-0.2, -0.15) is 0 Å². The summed E-state index contributed by atoms with van der Waals surface area (Å²) in [6.45, 7) is 2.26. The third-order valence-corrected chi connectivity index (χ3v) is 2.83. The third kappa shape index (κ3) is 2.72. The van der Waals surface area contributed by atoms with Gasteiger partial charge in [0.2, 0.25) is 0 Å². The summed E-state index contributed by atoms with van der Waals surface area (Å²) in [7, 11) is 0. The first kappa shape index (κ1) is 10.9. The molecule has 0 aliphatic heterocycles. The van der Waals surface area contributed by atoms with Gasteiger partial charge in [0.25, 0.3) is 0 Å². The number of hydrogen-bond acceptors (Lipinski definition) is 2. The quantitative estimate of drug-likeness (QED) is 0.571. The molecule has 1 fully saturated rings. The highest BCUT2D eigenvalue weighted by Crippen LogP contribution is 2.48. The van der Waals surface area contributed by atoms with E-state index in [1.54, 1.807) is 6.08 Å². The number of carbonyl (C=O) groups is 1. The molecule has 16 heavy (non-hydrogen) atoms. The van der Waals surface area contributed by atoms with Crippen LogP contribution < -0.4 is 0 Å². The van der Waals surface area contributed by atoms with Gasteiger partial charge in [0.05, 0.1) is 6.61 Å². The highest BCUT2D eigenvalue weighted by atomic mass is 16.5. The molecule has 0 heterocycles. The van der Waals surface area contributed by atoms with Gasteiger partial charge in [-0.25, -0.2) is 4.79 Å². The molecule has 1 aromatic rings. The van der Waals surface area contributed by atoms with E-state index < -0.39 is 0 Å². The molecule has 0 amide bonds. The van der Waals surface area contributed by atoms with E-state index in [1.807, 2.05) is 19.1 Å². The van der Waals surface area contributed by atoms with Crippen LogP contribution in [0.4, 0.5) is 0 Å². The first-order valence-corrected chi connectivity index (χ1v) is 5.71. The maximum Gasteiger partial charge on any atom is 0.330 e. The molecule has 0 spiro atoms. The summed E-state index contributed by atoms with van der Waals surface area (Å²) < 4.78 is 4.84. The van der Waals surface area contributed by atoms with E-state index in [-0.39, 0.29) is 5.97 Å². The fraction of sp³-hybridized carbons (Fsp3) is 0.357. The molecule has 2 atom stereocenters. The Hall–Kier alpha value is -1.57. The summed E-state index contributed by atoms with van der Waals surface area (Å²) in [5.74, 6) is 0.861. The summed E-state index contributed by atoms with van der Waals surface area (Å²) in [6, 6.07) is 10.4. The Labute approximate surface area is 95.9 Å². The van der Waals surface area contributed by atoms with Crippen molar-refractivity contribution in [2.75, 3.05) is 6.61 Å². The smallest absolute Gasteiger partial charge is 0.330 e. The van der Waals surface area contributed by atoms with Gasteiger partial charge in [-0.15, -0.1) is 0 Å². The van der Waals surface area contributed by atoms with Crippen LogP contribution in [0.3, 0.4) is 0 Å². The molecule has 0 radical (unpaired) electrons. The van der Waals surface area contributed by atoms with Crippen LogP contribution in [0.1, 0.15) is 24.8 Å². The van der Waals surface area contributed by atoms with E-state index in [1.165, 1.54) is 5.56 Å². The van der Waals surface area contributed by atoms with Crippen molar-refractivity contribution in [2.24, 2.45) is 5.92 Å². The minimum absolute atomic E-state index is 0.235. The van der Waals surface area contributed by atoms with Crippen LogP contribution in [0.5, 0.6) is 0 Å². The number of esters is 1. The van der Waals surface area contributed by atoms with Crippen molar-refractivity contribution in [3.8, 4) is 0 Å². The summed E-state index contributed by atoms with van der Waals surface area (Å²) in [6.07, 6.45) is 4.66. The Bertz CT molecular complexity index is 381. The molecule has 1 aliphatic carbocycles. The van der Waals surface area contributed by atoms with E-state index in [0.29, 0.717) is 18.4 Å². The van der Waals surface area contributed by atoms with Crippen molar-refractivity contribution in [2.45, 2.75) is 19.3 Å². The number of ether oxygens (including phenoxy) is 1. The molecule has 2 unspecified atom stereocenters. The Kier molecular flexibility index (Phi) is 3.40. The first-order valence-electron chi connectivity index (χ1n) is 5.71. The molecule has 84 valence electrons. The van der Waals surface area contributed by atoms with Crippen molar-refractivity contribution in [1.29, 1.82) is 0 Å². The molecular formula is C14H16O2. The topological polar surface area (TPSA) is 26.3 Å². The maximum absolute atomic E-state index is 11.1. The number of rotatable bonds is 4. The largest absolute Gasteiger partial charge is 0.463 e. The molecule has 2 heteroatoms. The zero-order chi connectivity index (χ0) is 11.4. The van der Waals surface area contributed by atoms with Crippen LogP contribution in [0.2, 0.25) is 0 Å². The summed E-state index contributed by atoms with van der Waals surface area (Å²) in [5.41, 5.74) is 1.36. The van der Waals surface area contributed by atoms with E-state index in [4.69, 9.17) is 4.74 Å². The SMILES string of the molecule is CCOC(=O)/C=C/C1CC1c1ccccc1. The molecule has 0 bridgehead atoms. The van der Waals surface area contributed by atoms with Gasteiger partial charge in [0, 0.05) is 6.08 Å². The molecule has 1 aromatic carbocycles. The lowest BCUT2D eigenvalue weighted by atomic mass is 10.1. The molecule has 2 rings (SSSR count). The highest BCUT2D eigenvalue weighted by molar-refractivity contribution is 5.82. The second kappa shape index (κ2) is 4.97. The summed E-state index contributed by atoms with van der Waals surface area (Å²) in [4.78, 5) is 11.1. The maximum atomic E-state index is 11.1. The van der Waals surface area contributed by atoms with Gasteiger partial charge in [0.1, 0.15) is 0 Å². The molecule has 1 aliphatic rings. The van der Waals surface area contributed by atoms with E-state index in [0.717, 1.165) is 6.42 Å². The number of benzene rings is 1. The fourth-order valence-electron chi connectivity index (χ4n) is 1.90. The van der Waals surface area contributed by atoms with E-state index in [9.17, 15) is 4.79 Å². The minimum atomic E-state index is -0.235. The van der Waals surface area contributed by atoms with Gasteiger partial charge in [-0.3, -0.25) is 0 Å². The zero-order valence-electron chi connectivity index (χ0n) is 9.43. The lowest BCUT2D eigenvalue weighted by molar-refractivity contribution is -0.137. The van der Waals surface area contributed by atoms with Gasteiger partial charge in [-0.1, -0.05) is 36.4 Å². The van der Waals surface area contributed by atoms with Crippen molar-refractivity contribution < 1.29 is 9.53 Å². The lowest BCUT2D eigenvalue weighted by Crippen LogP contribution is -1.98. The number of carbonyl (C=O) groups excluding carboxylic acids is 1. The molecule has 2 nitrogen and oxygen atoms in total. The number of allylic oxidation sites excluding steroid dienone is 1. The summed E-state index contributed by atoms with van der Waals surface area (Å²) >= 11 is 0. The minimum Gasteiger partial charge on any atom is -0.463 e. The monoisotopic (exact) mass is 216 g/mol. The van der Waals surface area contributed by atoms with Crippen LogP contribution in [0, 0.1) is 5.92 Å². The van der Waals surface area contributed by atoms with Gasteiger partial charge in [0.15, 0.2) is 0 Å². The Balaban J connectivity index is 1.86. The average molecular weight is 216 g/mol. The Morgan fingerprint density at radius 2 is 2.19 bits per heavy atom. The van der Waals surface area contributed by atoms with Gasteiger partial charge in [-0.05, 0) is 30.7 Å². The Morgan fingerprint density at radius 3 is 2.88 bits per heavy atom. The molecule has 0 saturated heterocycles. The standard InChI is InChI=1S/C14H16O2/c1-2-16-14(15)9-8-12-10-13(12)11-6-4-3-5-7-11/h3-9,12-13H,2,10H2,1H3/b9-8+. The van der Waals surface area contributed by atoms with Crippen molar-refractivity contribution >= 4 is 5.97 Å². The van der Waals surface area contributed by atoms with E-state index in [2.05, 4.69) is 24.3 Å². The fourth-order valence-corrected chi connectivity index (χ4v) is 1.90. The van der Waals surface area contributed by atoms with Crippen molar-refractivity contribution in [3.05, 3.63) is 48.0 Å². The summed E-state index contributed by atoms with van der Waals surface area (Å²) in [5, 5.41) is 0. The van der Waals surface area contributed by atoms with Crippen molar-refractivity contribution in [1.82, 2.24) is 0 Å². The molecule has 1 saturated carbocycles. The highest BCUT2D eigenvalue weighted by Gasteiger charge is 2.35. The Morgan fingerprint density at radius 1 is 1.44 bits per heavy atom. The second-order valence-corrected chi connectivity index (χ2v) is 4.03. The van der Waals surface area contributed by atoms with Crippen molar-refractivity contribution in [3.63, 3.8) is 0 Å². The normalized spacial score (nSPS) is 23.3. The predicted octanol–water partition coefficient (Wildman–Crippen LogP) is 2.91. The lowest BCUT2D eigenvalue weighted by Gasteiger charge is -1.96. The van der Waals surface area contributed by atoms with Gasteiger partial charge < -0.3 is 4.74 Å². The predicted molar refractivity (Wildman–Crippen MR) is 63.1 cm³/mol. The molecule has 0 N–H and O–H groups in total. The third-order valence-electron chi connectivity index (χ3n) is 2.83. The van der Waals surface area contributed by atoms with Crippen LogP contribution >= 0.6 is 0 Å². The molecule has 0 aromatic heterocycles. The molecular weight excluding hydrogens is 200 g/mol. The second-order valence-electron chi connectivity index (χ2n) is 4.03. The average Bonchev–Trinajstić information content (AvgIpc) is 3.07.